The van der Waals surface area contributed by atoms with Crippen molar-refractivity contribution < 1.29 is 92.7 Å². The first kappa shape index (κ1) is 90.7. The number of H-pyrrole nitrogens is 1. The van der Waals surface area contributed by atoms with E-state index >= 15 is 9.59 Å². The van der Waals surface area contributed by atoms with E-state index in [0.29, 0.717) is 65.4 Å². The van der Waals surface area contributed by atoms with E-state index in [4.69, 9.17) is 22.9 Å². The van der Waals surface area contributed by atoms with Crippen LogP contribution in [0.3, 0.4) is 0 Å². The van der Waals surface area contributed by atoms with Gasteiger partial charge in [0, 0.05) is 62.2 Å². The number of phenols is 2. The molecule has 4 aromatic carbocycles. The molecular formula is C77H106N16O19S. The number of carboxylic acid groups (broad SMARTS) is 1. The number of phenolic OH excluding ortho intramolecular Hbond substituents is 2. The molecule has 5 aromatic rings. The van der Waals surface area contributed by atoms with Crippen LogP contribution in [-0.2, 0) is 92.8 Å². The number of hydrogen-bond donors (Lipinski definition) is 20. The van der Waals surface area contributed by atoms with E-state index in [1.54, 1.807) is 80.9 Å². The number of benzene rings is 4. The average molecular weight is 1590 g/mol. The van der Waals surface area contributed by atoms with E-state index < -0.39 is 199 Å². The number of aromatic amines is 1. The highest BCUT2D eigenvalue weighted by atomic mass is 32.2. The van der Waals surface area contributed by atoms with Gasteiger partial charge in [-0.25, -0.2) is 4.79 Å². The molecule has 13 amide bonds. The van der Waals surface area contributed by atoms with Crippen molar-refractivity contribution in [2.24, 2.45) is 28.9 Å². The van der Waals surface area contributed by atoms with Gasteiger partial charge in [0.15, 0.2) is 6.04 Å². The molecule has 1 aliphatic rings. The third-order valence-corrected chi connectivity index (χ3v) is 19.7. The summed E-state index contributed by atoms with van der Waals surface area (Å²) in [6.45, 7) is 6.14. The SMILES string of the molecule is CSCC[C@H](NC(=O)[C@H](CCC(N)=O)NC(=O)[C@@H](NC(=O)[C@H](Cc1c[nH]c2ccccc12)NC(=O)[C@H](Cc1ccc(O)cc1)NC(=O)[C@H](CCC(N)=O)NC(=O)[C@@H](NC(=O)[C@@H]1CCCN1C(=O)[C@@H](N)CCCCN)C(C)C)[C@@H](C)O)C(=O)N[C@@H](Cc1ccccc1)C(=O)N[C@@H](Cc1ccc(O)cc1)C(=O)N[C@H](C(=O)O)[C@@H](C)O. The molecular weight excluding hydrogens is 1490 g/mol. The van der Waals surface area contributed by atoms with Crippen LogP contribution in [0, 0.1) is 5.92 Å². The number of rotatable bonds is 46. The molecule has 35 nitrogen and oxygen atoms in total. The van der Waals surface area contributed by atoms with Gasteiger partial charge in [0.2, 0.25) is 76.8 Å². The van der Waals surface area contributed by atoms with Crippen LogP contribution in [0.25, 0.3) is 10.9 Å². The molecule has 1 saturated heterocycles. The standard InChI is InChI=1S/C77H106N16O19S/c1-41(2)63(90-73(107)60-19-13-34-93(60)76(110)51(79)17-11-12-33-78)74(108)84-54(29-31-62(81)99)67(101)86-57(37-45-20-24-48(96)25-21-45)70(104)89-59(39-47-40-82-52-18-10-9-16-50(47)52)72(106)91-64(42(3)94)75(109)85-53(28-30-61(80)98)66(100)83-55(32-35-113-5)68(102)87-56(36-44-14-7-6-8-15-44)69(103)88-58(38-46-22-26-49(97)27-23-46)71(105)92-65(43(4)95)77(111)112/h6-10,14-16,18,20-27,40-43,51,53-60,63-65,82,94-97H,11-13,17,19,28-39,78-79H2,1-5H3,(H2,80,98)(H2,81,99)(H,83,100)(H,84,108)(H,85,109)(H,86,101)(H,87,102)(H,88,103)(H,89,104)(H,90,107)(H,91,106)(H,92,105)(H,111,112)/t42-,43-,51+,53+,54+,55+,56+,57+,58+,59+,60+,63+,64+,65+/m1/s1. The second-order valence-electron chi connectivity index (χ2n) is 28.3. The molecule has 1 aliphatic heterocycles. The van der Waals surface area contributed by atoms with Crippen molar-refractivity contribution in [2.75, 3.05) is 25.1 Å². The van der Waals surface area contributed by atoms with Crippen molar-refractivity contribution in [3.63, 3.8) is 0 Å². The van der Waals surface area contributed by atoms with Crippen LogP contribution in [0.5, 0.6) is 11.5 Å². The number of carbonyl (C=O) groups is 14. The predicted octanol–water partition coefficient (Wildman–Crippen LogP) is -2.07. The number of nitrogens with one attached hydrogen (secondary N) is 11. The van der Waals surface area contributed by atoms with Gasteiger partial charge in [-0.2, -0.15) is 11.8 Å². The van der Waals surface area contributed by atoms with Gasteiger partial charge in [0.25, 0.3) is 0 Å². The predicted molar refractivity (Wildman–Crippen MR) is 416 cm³/mol. The van der Waals surface area contributed by atoms with Gasteiger partial charge in [-0.1, -0.05) is 93.1 Å². The Kier molecular flexibility index (Phi) is 35.9. The number of aromatic hydroxyl groups is 2. The summed E-state index contributed by atoms with van der Waals surface area (Å²) in [5.74, 6) is -14.6. The molecule has 113 heavy (non-hydrogen) atoms. The Bertz CT molecular complexity index is 4090. The maximum Gasteiger partial charge on any atom is 0.328 e. The summed E-state index contributed by atoms with van der Waals surface area (Å²) in [6.07, 6.45) is -1.18. The fourth-order valence-electron chi connectivity index (χ4n) is 12.7. The van der Waals surface area contributed by atoms with Gasteiger partial charge in [-0.3, -0.25) is 62.3 Å². The molecule has 0 spiro atoms. The van der Waals surface area contributed by atoms with Crippen LogP contribution >= 0.6 is 11.8 Å². The van der Waals surface area contributed by atoms with Gasteiger partial charge < -0.3 is 112 Å². The van der Waals surface area contributed by atoms with Crippen molar-refractivity contribution in [2.45, 2.75) is 202 Å². The van der Waals surface area contributed by atoms with Crippen LogP contribution < -0.4 is 76.1 Å². The Morgan fingerprint density at radius 3 is 1.37 bits per heavy atom. The number of aliphatic carboxylic acids is 1. The van der Waals surface area contributed by atoms with E-state index in [1.807, 2.05) is 0 Å². The lowest BCUT2D eigenvalue weighted by Gasteiger charge is -2.30. The normalized spacial score (nSPS) is 16.1. The zero-order chi connectivity index (χ0) is 83.2. The number of hydrogen-bond acceptors (Lipinski definition) is 21. The zero-order valence-corrected chi connectivity index (χ0v) is 64.5. The van der Waals surface area contributed by atoms with Crippen LogP contribution in [0.4, 0.5) is 0 Å². The number of carbonyl (C=O) groups excluding carboxylic acids is 13. The number of nitrogens with two attached hydrogens (primary N) is 4. The van der Waals surface area contributed by atoms with Gasteiger partial charge in [-0.05, 0) is 136 Å². The molecule has 24 N–H and O–H groups in total. The second-order valence-corrected chi connectivity index (χ2v) is 29.3. The molecule has 2 heterocycles. The monoisotopic (exact) mass is 1590 g/mol. The number of thioether (sulfide) groups is 1. The van der Waals surface area contributed by atoms with E-state index in [9.17, 15) is 83.1 Å². The minimum atomic E-state index is -1.99. The van der Waals surface area contributed by atoms with Crippen molar-refractivity contribution in [3.8, 4) is 11.5 Å². The van der Waals surface area contributed by atoms with Gasteiger partial charge in [0.1, 0.15) is 71.9 Å². The van der Waals surface area contributed by atoms with Gasteiger partial charge in [-0.15, -0.1) is 0 Å². The zero-order valence-electron chi connectivity index (χ0n) is 63.7. The fraction of sp³-hybridized carbons (Fsp3) is 0.481. The lowest BCUT2D eigenvalue weighted by atomic mass is 10.00. The Morgan fingerprint density at radius 2 is 0.912 bits per heavy atom. The molecule has 0 radical (unpaired) electrons. The molecule has 614 valence electrons. The van der Waals surface area contributed by atoms with Gasteiger partial charge in [0.05, 0.1) is 18.2 Å². The molecule has 0 bridgehead atoms. The minimum absolute atomic E-state index is 0.124. The maximum absolute atomic E-state index is 15.2. The largest absolute Gasteiger partial charge is 0.508 e. The topological polar surface area (TPSA) is 584 Å². The molecule has 36 heteroatoms. The smallest absolute Gasteiger partial charge is 0.328 e. The van der Waals surface area contributed by atoms with Crippen molar-refractivity contribution in [1.82, 2.24) is 63.1 Å². The van der Waals surface area contributed by atoms with Crippen molar-refractivity contribution in [3.05, 3.63) is 132 Å². The van der Waals surface area contributed by atoms with Crippen LogP contribution in [0.2, 0.25) is 0 Å². The summed E-state index contributed by atoms with van der Waals surface area (Å²) in [7, 11) is 0. The Morgan fingerprint density at radius 1 is 0.496 bits per heavy atom. The van der Waals surface area contributed by atoms with Crippen molar-refractivity contribution >= 4 is 105 Å². The number of unbranched alkanes of at least 4 members (excludes halogenated alkanes) is 1. The number of fused-ring (bicyclic) bond motifs is 1. The molecule has 1 fully saturated rings. The van der Waals surface area contributed by atoms with Crippen LogP contribution in [-0.4, -0.2) is 228 Å². The summed E-state index contributed by atoms with van der Waals surface area (Å²) in [6, 6.07) is 7.79. The number of nitrogens with zero attached hydrogens (tertiary/aromatic N) is 1. The number of para-hydroxylation sites is 1. The summed E-state index contributed by atoms with van der Waals surface area (Å²) < 4.78 is 0. The Hall–Kier alpha value is -11.2. The second kappa shape index (κ2) is 44.7. The lowest BCUT2D eigenvalue weighted by Crippen LogP contribution is -2.62. The van der Waals surface area contributed by atoms with E-state index in [0.717, 1.165) is 13.8 Å². The third-order valence-electron chi connectivity index (χ3n) is 19.0. The summed E-state index contributed by atoms with van der Waals surface area (Å²) >= 11 is 1.26. The summed E-state index contributed by atoms with van der Waals surface area (Å²) in [4.78, 5) is 201. The van der Waals surface area contributed by atoms with E-state index in [2.05, 4.69) is 58.2 Å². The van der Waals surface area contributed by atoms with Gasteiger partial charge >= 0.3 is 5.97 Å². The molecule has 0 aliphatic carbocycles. The molecule has 1 aromatic heterocycles. The molecule has 0 saturated carbocycles. The Labute approximate surface area is 657 Å². The fourth-order valence-corrected chi connectivity index (χ4v) is 13.1. The van der Waals surface area contributed by atoms with Crippen LogP contribution in [0.1, 0.15) is 114 Å². The summed E-state index contributed by atoms with van der Waals surface area (Å²) in [5.41, 5.74) is 25.3. The minimum Gasteiger partial charge on any atom is -0.508 e. The van der Waals surface area contributed by atoms with Crippen LogP contribution in [0.15, 0.2) is 109 Å². The number of aliphatic hydroxyl groups is 2. The first-order valence-electron chi connectivity index (χ1n) is 37.3. The first-order chi connectivity index (χ1) is 53.7. The first-order valence-corrected chi connectivity index (χ1v) is 38.7. The van der Waals surface area contributed by atoms with E-state index in [1.165, 1.54) is 65.2 Å². The molecule has 14 atom stereocenters. The quantitative estimate of drug-likeness (QED) is 0.0186. The number of primary amides is 2. The highest BCUT2D eigenvalue weighted by Gasteiger charge is 2.41. The maximum atomic E-state index is 15.2. The average Bonchev–Trinajstić information content (AvgIpc) is 1.77. The molecule has 6 rings (SSSR count). The number of likely N-dealkylation sites (tertiary alicyclic amines) is 1. The number of amides is 13. The highest BCUT2D eigenvalue weighted by Crippen LogP contribution is 2.23. The third kappa shape index (κ3) is 28.5. The lowest BCUT2D eigenvalue weighted by molar-refractivity contribution is -0.145. The van der Waals surface area contributed by atoms with E-state index in [-0.39, 0.29) is 62.3 Å². The number of carboxylic acids is 1. The molecule has 0 unspecified atom stereocenters. The Balaban J connectivity index is 1.27. The number of aromatic nitrogens is 1. The number of aliphatic hydroxyl groups excluding tert-OH is 2. The highest BCUT2D eigenvalue weighted by molar-refractivity contribution is 7.98. The van der Waals surface area contributed by atoms with Crippen molar-refractivity contribution in [1.29, 1.82) is 0 Å². The summed E-state index contributed by atoms with van der Waals surface area (Å²) in [5, 5.41) is 77.9.